The van der Waals surface area contributed by atoms with E-state index >= 15 is 0 Å². The van der Waals surface area contributed by atoms with Gasteiger partial charge in [-0.05, 0) is 31.9 Å². The van der Waals surface area contributed by atoms with Crippen molar-refractivity contribution in [1.29, 1.82) is 0 Å². The van der Waals surface area contributed by atoms with Crippen LogP contribution < -0.4 is 15.4 Å². The Morgan fingerprint density at radius 3 is 2.61 bits per heavy atom. The van der Waals surface area contributed by atoms with Crippen LogP contribution in [0.25, 0.3) is 11.0 Å². The number of aryl methyl sites for hydroxylation is 1. The molecule has 0 unspecified atom stereocenters. The number of alkyl halides is 3. The Balaban J connectivity index is 1.35. The lowest BCUT2D eigenvalue weighted by Crippen LogP contribution is -2.43. The molecule has 1 spiro atoms. The van der Waals surface area contributed by atoms with E-state index in [1.165, 1.54) is 15.5 Å². The number of anilines is 2. The predicted octanol–water partition coefficient (Wildman–Crippen LogP) is 2.40. The van der Waals surface area contributed by atoms with Crippen molar-refractivity contribution in [2.45, 2.75) is 32.4 Å². The molecule has 0 atom stereocenters. The van der Waals surface area contributed by atoms with Crippen LogP contribution in [0, 0.1) is 12.3 Å². The van der Waals surface area contributed by atoms with Crippen LogP contribution >= 0.6 is 0 Å². The normalized spacial score (nSPS) is 18.6. The van der Waals surface area contributed by atoms with Crippen LogP contribution in [0.15, 0.2) is 23.1 Å². The van der Waals surface area contributed by atoms with Gasteiger partial charge in [0, 0.05) is 50.4 Å². The van der Waals surface area contributed by atoms with Gasteiger partial charge >= 0.3 is 6.18 Å². The second-order valence-corrected chi connectivity index (χ2v) is 8.85. The number of aromatic amines is 1. The highest BCUT2D eigenvalue weighted by Gasteiger charge is 2.46. The minimum Gasteiger partial charge on any atom is -0.342 e. The van der Waals surface area contributed by atoms with E-state index in [0.717, 1.165) is 12.3 Å². The number of nitrogens with one attached hydrogen (secondary N) is 1. The maximum Gasteiger partial charge on any atom is 0.433 e. The van der Waals surface area contributed by atoms with Crippen LogP contribution in [0.3, 0.4) is 0 Å². The van der Waals surface area contributed by atoms with Gasteiger partial charge < -0.3 is 9.80 Å². The summed E-state index contributed by atoms with van der Waals surface area (Å²) in [6, 6.07) is 2.36. The van der Waals surface area contributed by atoms with Crippen molar-refractivity contribution in [1.82, 2.24) is 24.7 Å². The van der Waals surface area contributed by atoms with E-state index in [0.29, 0.717) is 55.2 Å². The smallest absolute Gasteiger partial charge is 0.342 e. The Bertz CT molecular complexity index is 1310. The number of aromatic nitrogens is 5. The van der Waals surface area contributed by atoms with E-state index in [-0.39, 0.29) is 29.0 Å². The first kappa shape index (κ1) is 21.4. The van der Waals surface area contributed by atoms with E-state index in [9.17, 15) is 22.8 Å². The number of pyridine rings is 1. The van der Waals surface area contributed by atoms with Crippen molar-refractivity contribution in [3.05, 3.63) is 40.1 Å². The van der Waals surface area contributed by atoms with E-state index in [2.05, 4.69) is 20.2 Å². The topological polar surface area (TPSA) is 100 Å². The van der Waals surface area contributed by atoms with Crippen LogP contribution in [0.5, 0.6) is 0 Å². The van der Waals surface area contributed by atoms with E-state index in [4.69, 9.17) is 0 Å². The largest absolute Gasteiger partial charge is 0.433 e. The molecular weight excluding hydrogens is 439 g/mol. The third-order valence-corrected chi connectivity index (χ3v) is 6.73. The van der Waals surface area contributed by atoms with Gasteiger partial charge in [0.25, 0.3) is 5.56 Å². The number of amides is 1. The molecule has 174 valence electrons. The minimum absolute atomic E-state index is 0.179. The van der Waals surface area contributed by atoms with Crippen molar-refractivity contribution in [3.63, 3.8) is 0 Å². The van der Waals surface area contributed by atoms with Gasteiger partial charge in [-0.3, -0.25) is 24.2 Å². The Morgan fingerprint density at radius 2 is 1.91 bits per heavy atom. The molecule has 2 saturated heterocycles. The Morgan fingerprint density at radius 1 is 1.18 bits per heavy atom. The molecule has 1 N–H and O–H groups in total. The van der Waals surface area contributed by atoms with Gasteiger partial charge in [-0.1, -0.05) is 0 Å². The monoisotopic (exact) mass is 461 g/mol. The molecule has 3 aromatic heterocycles. The number of hydrogen-bond acceptors (Lipinski definition) is 6. The van der Waals surface area contributed by atoms with Crippen molar-refractivity contribution < 1.29 is 18.0 Å². The number of carbonyl (C=O) groups excluding carboxylic acids is 1. The molecule has 2 fully saturated rings. The molecule has 5 heterocycles. The summed E-state index contributed by atoms with van der Waals surface area (Å²) in [4.78, 5) is 36.9. The second kappa shape index (κ2) is 7.29. The first-order chi connectivity index (χ1) is 15.6. The van der Waals surface area contributed by atoms with Gasteiger partial charge in [0.2, 0.25) is 11.9 Å². The van der Waals surface area contributed by atoms with Gasteiger partial charge in [0.1, 0.15) is 11.1 Å². The van der Waals surface area contributed by atoms with Crippen LogP contribution in [-0.4, -0.2) is 50.3 Å². The number of H-pyrrole nitrogens is 1. The summed E-state index contributed by atoms with van der Waals surface area (Å²) in [6.45, 7) is 3.25. The van der Waals surface area contributed by atoms with Gasteiger partial charge in [-0.15, -0.1) is 0 Å². The van der Waals surface area contributed by atoms with Crippen LogP contribution in [0.2, 0.25) is 0 Å². The molecule has 1 amide bonds. The van der Waals surface area contributed by atoms with E-state index < -0.39 is 11.9 Å². The summed E-state index contributed by atoms with van der Waals surface area (Å²) >= 11 is 0. The average Bonchev–Trinajstić information content (AvgIpc) is 3.30. The fraction of sp³-hybridized carbons (Fsp3) is 0.476. The zero-order valence-electron chi connectivity index (χ0n) is 18.1. The summed E-state index contributed by atoms with van der Waals surface area (Å²) in [5.74, 6) is 0.332. The summed E-state index contributed by atoms with van der Waals surface area (Å²) in [7, 11) is 1.67. The quantitative estimate of drug-likeness (QED) is 0.629. The average molecular weight is 461 g/mol. The predicted molar refractivity (Wildman–Crippen MR) is 114 cm³/mol. The maximum absolute atomic E-state index is 13.1. The molecule has 3 aromatic rings. The lowest BCUT2D eigenvalue weighted by atomic mass is 9.77. The van der Waals surface area contributed by atoms with Gasteiger partial charge in [0.15, 0.2) is 5.65 Å². The van der Waals surface area contributed by atoms with Crippen LogP contribution in [0.4, 0.5) is 24.8 Å². The SMILES string of the molecule is Cc1n[nH]c2nc(N3CCC4(CC3)CC(=O)N(c3ccnc(C(F)(F)F)c3)C4)n(C)c(=O)c12. The van der Waals surface area contributed by atoms with Gasteiger partial charge in [-0.2, -0.15) is 23.3 Å². The van der Waals surface area contributed by atoms with Gasteiger partial charge in [0.05, 0.1) is 5.69 Å². The number of carbonyl (C=O) groups is 1. The lowest BCUT2D eigenvalue weighted by molar-refractivity contribution is -0.141. The molecular formula is C21H22F3N7O2. The van der Waals surface area contributed by atoms with Crippen molar-refractivity contribution in [2.24, 2.45) is 12.5 Å². The number of halogens is 3. The molecule has 2 aliphatic heterocycles. The van der Waals surface area contributed by atoms with E-state index in [1.807, 2.05) is 4.90 Å². The van der Waals surface area contributed by atoms with Crippen molar-refractivity contribution >= 4 is 28.6 Å². The first-order valence-corrected chi connectivity index (χ1v) is 10.6. The Hall–Kier alpha value is -3.44. The third kappa shape index (κ3) is 3.53. The summed E-state index contributed by atoms with van der Waals surface area (Å²) in [6.07, 6.45) is -1.90. The fourth-order valence-electron chi connectivity index (χ4n) is 4.86. The first-order valence-electron chi connectivity index (χ1n) is 10.6. The highest BCUT2D eigenvalue weighted by molar-refractivity contribution is 5.96. The molecule has 0 aromatic carbocycles. The molecule has 33 heavy (non-hydrogen) atoms. The minimum atomic E-state index is -4.57. The molecule has 0 bridgehead atoms. The fourth-order valence-corrected chi connectivity index (χ4v) is 4.86. The lowest BCUT2D eigenvalue weighted by Gasteiger charge is -2.39. The third-order valence-electron chi connectivity index (χ3n) is 6.73. The zero-order chi connectivity index (χ0) is 23.5. The van der Waals surface area contributed by atoms with Crippen molar-refractivity contribution in [3.8, 4) is 0 Å². The molecule has 12 heteroatoms. The number of piperidine rings is 1. The number of fused-ring (bicyclic) bond motifs is 1. The highest BCUT2D eigenvalue weighted by atomic mass is 19.4. The van der Waals surface area contributed by atoms with E-state index in [1.54, 1.807) is 14.0 Å². The standard InChI is InChI=1S/C21H22F3N7O2/c1-12-16-17(28-27-12)26-19(29(2)18(16)33)30-7-4-20(5-8-30)10-15(32)31(11-20)13-3-6-25-14(9-13)21(22,23)24/h3,6,9H,4-5,7-8,10-11H2,1-2H3,(H,27,28). The second-order valence-electron chi connectivity index (χ2n) is 8.85. The molecule has 0 radical (unpaired) electrons. The number of nitrogens with zero attached hydrogens (tertiary/aromatic N) is 6. The van der Waals surface area contributed by atoms with Crippen LogP contribution in [0.1, 0.15) is 30.7 Å². The highest BCUT2D eigenvalue weighted by Crippen LogP contribution is 2.43. The molecule has 2 aliphatic rings. The maximum atomic E-state index is 13.1. The summed E-state index contributed by atoms with van der Waals surface area (Å²) in [5, 5.41) is 7.32. The zero-order valence-corrected chi connectivity index (χ0v) is 18.1. The van der Waals surface area contributed by atoms with Crippen LogP contribution in [-0.2, 0) is 18.0 Å². The van der Waals surface area contributed by atoms with Crippen molar-refractivity contribution in [2.75, 3.05) is 29.4 Å². The Labute approximate surface area is 186 Å². The molecule has 5 rings (SSSR count). The summed E-state index contributed by atoms with van der Waals surface area (Å²) in [5.41, 5.74) is -0.279. The number of hydrogen-bond donors (Lipinski definition) is 1. The molecule has 0 aliphatic carbocycles. The molecule has 9 nitrogen and oxygen atoms in total. The molecule has 0 saturated carbocycles. The Kier molecular flexibility index (Phi) is 4.73. The van der Waals surface area contributed by atoms with Gasteiger partial charge in [-0.25, -0.2) is 0 Å². The number of rotatable bonds is 2. The summed E-state index contributed by atoms with van der Waals surface area (Å²) < 4.78 is 40.7.